The van der Waals surface area contributed by atoms with Crippen LogP contribution >= 0.6 is 0 Å². The number of amides is 1. The molecule has 1 saturated heterocycles. The molecule has 0 spiro atoms. The van der Waals surface area contributed by atoms with E-state index in [-0.39, 0.29) is 11.9 Å². The topological polar surface area (TPSA) is 80.2 Å². The molecule has 0 radical (unpaired) electrons. The monoisotopic (exact) mass is 327 g/mol. The Morgan fingerprint density at radius 2 is 1.88 bits per heavy atom. The van der Waals surface area contributed by atoms with Crippen LogP contribution in [0.25, 0.3) is 0 Å². The third kappa shape index (κ3) is 3.86. The Balaban J connectivity index is 1.63. The van der Waals surface area contributed by atoms with Gasteiger partial charge in [0.25, 0.3) is 5.91 Å². The molecule has 7 nitrogen and oxygen atoms in total. The molecule has 0 bridgehead atoms. The van der Waals surface area contributed by atoms with Gasteiger partial charge in [-0.2, -0.15) is 0 Å². The summed E-state index contributed by atoms with van der Waals surface area (Å²) >= 11 is 0. The number of pyridine rings is 1. The van der Waals surface area contributed by atoms with Gasteiger partial charge in [0, 0.05) is 37.4 Å². The number of aryl methyl sites for hydroxylation is 1. The molecule has 0 aromatic carbocycles. The zero-order valence-electron chi connectivity index (χ0n) is 13.9. The number of hydrogen-bond acceptors (Lipinski definition) is 6. The number of ether oxygens (including phenoxy) is 1. The van der Waals surface area contributed by atoms with Gasteiger partial charge in [0.05, 0.1) is 24.8 Å². The molecule has 1 N–H and O–H groups in total. The summed E-state index contributed by atoms with van der Waals surface area (Å²) in [4.78, 5) is 27.2. The lowest BCUT2D eigenvalue weighted by atomic mass is 10.1. The quantitative estimate of drug-likeness (QED) is 0.917. The molecular formula is C17H21N5O2. The Morgan fingerprint density at radius 3 is 2.50 bits per heavy atom. The summed E-state index contributed by atoms with van der Waals surface area (Å²) in [6.07, 6.45) is 4.90. The molecule has 7 heteroatoms. The molecule has 1 fully saturated rings. The zero-order valence-corrected chi connectivity index (χ0v) is 13.9. The molecule has 3 rings (SSSR count). The summed E-state index contributed by atoms with van der Waals surface area (Å²) in [5.74, 6) is 0.433. The highest BCUT2D eigenvalue weighted by Gasteiger charge is 2.16. The average Bonchev–Trinajstić information content (AvgIpc) is 2.63. The molecule has 1 aliphatic rings. The third-order valence-electron chi connectivity index (χ3n) is 3.98. The number of rotatable bonds is 4. The van der Waals surface area contributed by atoms with Crippen molar-refractivity contribution in [2.75, 3.05) is 31.2 Å². The van der Waals surface area contributed by atoms with Gasteiger partial charge in [-0.3, -0.25) is 9.78 Å². The minimum atomic E-state index is -0.198. The molecule has 0 unspecified atom stereocenters. The summed E-state index contributed by atoms with van der Waals surface area (Å²) in [6.45, 7) is 6.74. The van der Waals surface area contributed by atoms with Crippen molar-refractivity contribution in [1.29, 1.82) is 0 Å². The molecule has 1 atom stereocenters. The zero-order chi connectivity index (χ0) is 16.9. The fourth-order valence-corrected chi connectivity index (χ4v) is 2.46. The minimum absolute atomic E-state index is 0.135. The Morgan fingerprint density at radius 1 is 1.17 bits per heavy atom. The molecule has 126 valence electrons. The molecule has 1 aliphatic heterocycles. The van der Waals surface area contributed by atoms with Crippen molar-refractivity contribution < 1.29 is 9.53 Å². The van der Waals surface area contributed by atoms with Crippen LogP contribution in [-0.4, -0.2) is 47.2 Å². The van der Waals surface area contributed by atoms with Crippen LogP contribution in [0.2, 0.25) is 0 Å². The summed E-state index contributed by atoms with van der Waals surface area (Å²) < 4.78 is 5.31. The van der Waals surface area contributed by atoms with Crippen LogP contribution in [0.1, 0.15) is 34.6 Å². The van der Waals surface area contributed by atoms with Crippen LogP contribution in [0.15, 0.2) is 30.7 Å². The van der Waals surface area contributed by atoms with Crippen molar-refractivity contribution in [2.24, 2.45) is 0 Å². The number of nitrogens with one attached hydrogen (secondary N) is 1. The number of morpholine rings is 1. The van der Waals surface area contributed by atoms with E-state index in [1.165, 1.54) is 0 Å². The first kappa shape index (κ1) is 16.3. The second-order valence-electron chi connectivity index (χ2n) is 5.80. The maximum atomic E-state index is 12.3. The summed E-state index contributed by atoms with van der Waals surface area (Å²) in [7, 11) is 0. The Labute approximate surface area is 141 Å². The second-order valence-corrected chi connectivity index (χ2v) is 5.80. The fraction of sp³-hybridized carbons (Fsp3) is 0.412. The van der Waals surface area contributed by atoms with Gasteiger partial charge in [0.2, 0.25) is 5.95 Å². The fourth-order valence-electron chi connectivity index (χ4n) is 2.46. The first-order chi connectivity index (χ1) is 11.6. The molecule has 24 heavy (non-hydrogen) atoms. The SMILES string of the molecule is Cc1ccc([C@H](C)NC(=O)c2cnc(N3CCOCC3)nc2)cn1. The lowest BCUT2D eigenvalue weighted by Crippen LogP contribution is -2.37. The predicted octanol–water partition coefficient (Wildman–Crippen LogP) is 1.51. The van der Waals surface area contributed by atoms with Gasteiger partial charge in [-0.15, -0.1) is 0 Å². The maximum Gasteiger partial charge on any atom is 0.254 e. The maximum absolute atomic E-state index is 12.3. The smallest absolute Gasteiger partial charge is 0.254 e. The Bertz CT molecular complexity index is 681. The molecule has 0 aliphatic carbocycles. The number of nitrogens with zero attached hydrogens (tertiary/aromatic N) is 4. The third-order valence-corrected chi connectivity index (χ3v) is 3.98. The normalized spacial score (nSPS) is 15.8. The van der Waals surface area contributed by atoms with Crippen LogP contribution in [0.5, 0.6) is 0 Å². The number of carbonyl (C=O) groups is 1. The van der Waals surface area contributed by atoms with E-state index in [9.17, 15) is 4.79 Å². The van der Waals surface area contributed by atoms with E-state index < -0.39 is 0 Å². The van der Waals surface area contributed by atoms with Gasteiger partial charge in [-0.25, -0.2) is 9.97 Å². The highest BCUT2D eigenvalue weighted by molar-refractivity contribution is 5.93. The van der Waals surface area contributed by atoms with Crippen molar-refractivity contribution in [1.82, 2.24) is 20.3 Å². The van der Waals surface area contributed by atoms with Crippen molar-refractivity contribution >= 4 is 11.9 Å². The average molecular weight is 327 g/mol. The number of anilines is 1. The first-order valence-corrected chi connectivity index (χ1v) is 8.01. The minimum Gasteiger partial charge on any atom is -0.378 e. The second kappa shape index (κ2) is 7.35. The molecular weight excluding hydrogens is 306 g/mol. The lowest BCUT2D eigenvalue weighted by molar-refractivity contribution is 0.0939. The van der Waals surface area contributed by atoms with E-state index in [1.807, 2.05) is 30.9 Å². The van der Waals surface area contributed by atoms with Gasteiger partial charge in [-0.1, -0.05) is 6.07 Å². The van der Waals surface area contributed by atoms with Gasteiger partial charge < -0.3 is 15.0 Å². The summed E-state index contributed by atoms with van der Waals surface area (Å²) in [6, 6.07) is 3.76. The molecule has 2 aromatic rings. The van der Waals surface area contributed by atoms with Gasteiger partial charge in [-0.05, 0) is 25.5 Å². The van der Waals surface area contributed by atoms with E-state index in [4.69, 9.17) is 4.74 Å². The van der Waals surface area contributed by atoms with Gasteiger partial charge in [0.15, 0.2) is 0 Å². The van der Waals surface area contributed by atoms with Crippen molar-refractivity contribution in [2.45, 2.75) is 19.9 Å². The van der Waals surface area contributed by atoms with Crippen molar-refractivity contribution in [3.05, 3.63) is 47.5 Å². The highest BCUT2D eigenvalue weighted by Crippen LogP contribution is 2.13. The van der Waals surface area contributed by atoms with Crippen LogP contribution < -0.4 is 10.2 Å². The van der Waals surface area contributed by atoms with Gasteiger partial charge >= 0.3 is 0 Å². The number of hydrogen-bond donors (Lipinski definition) is 1. The predicted molar refractivity (Wildman–Crippen MR) is 89.9 cm³/mol. The van der Waals surface area contributed by atoms with Crippen molar-refractivity contribution in [3.8, 4) is 0 Å². The van der Waals surface area contributed by atoms with Crippen LogP contribution in [0, 0.1) is 6.92 Å². The molecule has 3 heterocycles. The molecule has 2 aromatic heterocycles. The number of aromatic nitrogens is 3. The van der Waals surface area contributed by atoms with E-state index in [2.05, 4.69) is 20.3 Å². The summed E-state index contributed by atoms with van der Waals surface area (Å²) in [5.41, 5.74) is 2.35. The molecule has 0 saturated carbocycles. The first-order valence-electron chi connectivity index (χ1n) is 8.01. The highest BCUT2D eigenvalue weighted by atomic mass is 16.5. The standard InChI is InChI=1S/C17H21N5O2/c1-12-3-4-14(9-18-12)13(2)21-16(23)15-10-19-17(20-11-15)22-5-7-24-8-6-22/h3-4,9-11,13H,5-8H2,1-2H3,(H,21,23)/t13-/m0/s1. The van der Waals surface area contributed by atoms with Crippen LogP contribution in [0.4, 0.5) is 5.95 Å². The molecule has 1 amide bonds. The van der Waals surface area contributed by atoms with Crippen LogP contribution in [0.3, 0.4) is 0 Å². The van der Waals surface area contributed by atoms with E-state index >= 15 is 0 Å². The Kier molecular flexibility index (Phi) is 5.00. The van der Waals surface area contributed by atoms with E-state index in [1.54, 1.807) is 18.6 Å². The van der Waals surface area contributed by atoms with E-state index in [0.717, 1.165) is 24.3 Å². The van der Waals surface area contributed by atoms with Crippen LogP contribution in [-0.2, 0) is 4.74 Å². The van der Waals surface area contributed by atoms with Gasteiger partial charge in [0.1, 0.15) is 0 Å². The lowest BCUT2D eigenvalue weighted by Gasteiger charge is -2.26. The van der Waals surface area contributed by atoms with Crippen molar-refractivity contribution in [3.63, 3.8) is 0 Å². The summed E-state index contributed by atoms with van der Waals surface area (Å²) in [5, 5.41) is 2.94. The largest absolute Gasteiger partial charge is 0.378 e. The number of carbonyl (C=O) groups excluding carboxylic acids is 1. The van der Waals surface area contributed by atoms with E-state index in [0.29, 0.717) is 24.7 Å². The Hall–Kier alpha value is -2.54.